The van der Waals surface area contributed by atoms with Crippen molar-refractivity contribution in [3.63, 3.8) is 0 Å². The van der Waals surface area contributed by atoms with Crippen molar-refractivity contribution in [3.05, 3.63) is 64.7 Å². The molecule has 0 aliphatic rings. The monoisotopic (exact) mass is 282 g/mol. The number of nitrogens with one attached hydrogen (secondary N) is 1. The van der Waals surface area contributed by atoms with Crippen LogP contribution in [0.1, 0.15) is 22.3 Å². The standard InChI is InChI=1S/C17H18N2O2/c1-21-17-7-6-13(8-16(17)9-18)10-19-11-14-4-2-3-5-15(14)12-20/h2-8,19-20H,10-12H2,1H3. The molecule has 2 N–H and O–H groups in total. The second kappa shape index (κ2) is 7.44. The molecule has 0 aromatic heterocycles. The molecule has 21 heavy (non-hydrogen) atoms. The number of benzene rings is 2. The molecule has 108 valence electrons. The molecule has 4 heteroatoms. The summed E-state index contributed by atoms with van der Waals surface area (Å²) in [7, 11) is 1.56. The molecular formula is C17H18N2O2. The van der Waals surface area contributed by atoms with Gasteiger partial charge in [0, 0.05) is 13.1 Å². The van der Waals surface area contributed by atoms with Crippen LogP contribution in [0.5, 0.6) is 5.75 Å². The van der Waals surface area contributed by atoms with E-state index in [0.717, 1.165) is 16.7 Å². The summed E-state index contributed by atoms with van der Waals surface area (Å²) >= 11 is 0. The first-order valence-corrected chi connectivity index (χ1v) is 6.74. The van der Waals surface area contributed by atoms with Crippen LogP contribution >= 0.6 is 0 Å². The molecule has 2 aromatic carbocycles. The predicted molar refractivity (Wildman–Crippen MR) is 80.6 cm³/mol. The lowest BCUT2D eigenvalue weighted by Gasteiger charge is -2.10. The molecule has 2 aromatic rings. The number of nitriles is 1. The molecule has 0 aliphatic carbocycles. The van der Waals surface area contributed by atoms with Crippen LogP contribution in [0.15, 0.2) is 42.5 Å². The van der Waals surface area contributed by atoms with Crippen molar-refractivity contribution in [1.29, 1.82) is 5.26 Å². The lowest BCUT2D eigenvalue weighted by atomic mass is 10.1. The molecule has 0 unspecified atom stereocenters. The largest absolute Gasteiger partial charge is 0.495 e. The van der Waals surface area contributed by atoms with E-state index in [1.165, 1.54) is 0 Å². The number of aliphatic hydroxyl groups is 1. The minimum absolute atomic E-state index is 0.0406. The van der Waals surface area contributed by atoms with Gasteiger partial charge in [0.2, 0.25) is 0 Å². The summed E-state index contributed by atoms with van der Waals surface area (Å²) in [5.41, 5.74) is 3.56. The van der Waals surface area contributed by atoms with Gasteiger partial charge < -0.3 is 15.2 Å². The van der Waals surface area contributed by atoms with Gasteiger partial charge in [-0.2, -0.15) is 5.26 Å². The van der Waals surface area contributed by atoms with E-state index in [-0.39, 0.29) is 6.61 Å². The molecule has 0 heterocycles. The maximum Gasteiger partial charge on any atom is 0.136 e. The van der Waals surface area contributed by atoms with Crippen molar-refractivity contribution in [2.45, 2.75) is 19.7 Å². The predicted octanol–water partition coefficient (Wildman–Crippen LogP) is 2.35. The maximum atomic E-state index is 9.28. The summed E-state index contributed by atoms with van der Waals surface area (Å²) in [5, 5.41) is 21.7. The maximum absolute atomic E-state index is 9.28. The van der Waals surface area contributed by atoms with E-state index in [2.05, 4.69) is 11.4 Å². The number of nitrogens with zero attached hydrogens (tertiary/aromatic N) is 1. The van der Waals surface area contributed by atoms with E-state index >= 15 is 0 Å². The Kier molecular flexibility index (Phi) is 5.33. The van der Waals surface area contributed by atoms with Crippen LogP contribution in [0, 0.1) is 11.3 Å². The normalized spacial score (nSPS) is 10.1. The van der Waals surface area contributed by atoms with Gasteiger partial charge >= 0.3 is 0 Å². The van der Waals surface area contributed by atoms with Crippen LogP contribution in [0.2, 0.25) is 0 Å². The number of hydrogen-bond donors (Lipinski definition) is 2. The van der Waals surface area contributed by atoms with E-state index in [0.29, 0.717) is 24.4 Å². The Balaban J connectivity index is 1.99. The zero-order valence-corrected chi connectivity index (χ0v) is 12.0. The van der Waals surface area contributed by atoms with Crippen molar-refractivity contribution in [2.24, 2.45) is 0 Å². The molecule has 0 aliphatic heterocycles. The summed E-state index contributed by atoms with van der Waals surface area (Å²) in [5.74, 6) is 0.590. The van der Waals surface area contributed by atoms with E-state index in [9.17, 15) is 5.11 Å². The number of aliphatic hydroxyl groups excluding tert-OH is 1. The average Bonchev–Trinajstić information content (AvgIpc) is 2.55. The average molecular weight is 282 g/mol. The molecule has 0 radical (unpaired) electrons. The molecule has 4 nitrogen and oxygen atoms in total. The topological polar surface area (TPSA) is 65.3 Å². The quantitative estimate of drug-likeness (QED) is 0.853. The van der Waals surface area contributed by atoms with Gasteiger partial charge in [0.15, 0.2) is 0 Å². The van der Waals surface area contributed by atoms with Gasteiger partial charge in [0.25, 0.3) is 0 Å². The van der Waals surface area contributed by atoms with Crippen molar-refractivity contribution < 1.29 is 9.84 Å². The molecule has 0 amide bonds. The fraction of sp³-hybridized carbons (Fsp3) is 0.235. The third-order valence-corrected chi connectivity index (χ3v) is 3.32. The molecule has 0 bridgehead atoms. The molecule has 0 saturated carbocycles. The Hall–Kier alpha value is -2.35. The van der Waals surface area contributed by atoms with Gasteiger partial charge in [0.1, 0.15) is 11.8 Å². The van der Waals surface area contributed by atoms with Crippen molar-refractivity contribution in [2.75, 3.05) is 7.11 Å². The van der Waals surface area contributed by atoms with E-state index in [1.54, 1.807) is 13.2 Å². The Labute approximate surface area is 124 Å². The highest BCUT2D eigenvalue weighted by Crippen LogP contribution is 2.18. The smallest absolute Gasteiger partial charge is 0.136 e. The highest BCUT2D eigenvalue weighted by Gasteiger charge is 2.04. The van der Waals surface area contributed by atoms with Gasteiger partial charge in [-0.3, -0.25) is 0 Å². The van der Waals surface area contributed by atoms with Crippen LogP contribution in [0.4, 0.5) is 0 Å². The minimum Gasteiger partial charge on any atom is -0.495 e. The second-order valence-corrected chi connectivity index (χ2v) is 4.68. The van der Waals surface area contributed by atoms with Gasteiger partial charge in [-0.15, -0.1) is 0 Å². The molecule has 0 spiro atoms. The highest BCUT2D eigenvalue weighted by atomic mass is 16.5. The summed E-state index contributed by atoms with van der Waals surface area (Å²) in [4.78, 5) is 0. The molecular weight excluding hydrogens is 264 g/mol. The Morgan fingerprint density at radius 3 is 2.57 bits per heavy atom. The SMILES string of the molecule is COc1ccc(CNCc2ccccc2CO)cc1C#N. The fourth-order valence-electron chi connectivity index (χ4n) is 2.18. The number of rotatable bonds is 6. The van der Waals surface area contributed by atoms with Crippen LogP contribution in [-0.4, -0.2) is 12.2 Å². The van der Waals surface area contributed by atoms with Gasteiger partial charge in [-0.05, 0) is 28.8 Å². The lowest BCUT2D eigenvalue weighted by molar-refractivity contribution is 0.280. The molecule has 0 fully saturated rings. The summed E-state index contributed by atoms with van der Waals surface area (Å²) in [6.45, 7) is 1.36. The Morgan fingerprint density at radius 2 is 1.90 bits per heavy atom. The van der Waals surface area contributed by atoms with Gasteiger partial charge in [-0.25, -0.2) is 0 Å². The van der Waals surface area contributed by atoms with E-state index in [4.69, 9.17) is 10.00 Å². The van der Waals surface area contributed by atoms with Crippen LogP contribution in [-0.2, 0) is 19.7 Å². The summed E-state index contributed by atoms with van der Waals surface area (Å²) in [6.07, 6.45) is 0. The third kappa shape index (κ3) is 3.82. The van der Waals surface area contributed by atoms with Gasteiger partial charge in [-0.1, -0.05) is 30.3 Å². The number of ether oxygens (including phenoxy) is 1. The summed E-state index contributed by atoms with van der Waals surface area (Å²) < 4.78 is 5.12. The second-order valence-electron chi connectivity index (χ2n) is 4.68. The first-order valence-electron chi connectivity index (χ1n) is 6.74. The van der Waals surface area contributed by atoms with Crippen molar-refractivity contribution in [3.8, 4) is 11.8 Å². The summed E-state index contributed by atoms with van der Waals surface area (Å²) in [6, 6.07) is 15.5. The molecule has 2 rings (SSSR count). The first-order chi connectivity index (χ1) is 10.3. The first kappa shape index (κ1) is 15.0. The van der Waals surface area contributed by atoms with E-state index in [1.807, 2.05) is 36.4 Å². The molecule has 0 atom stereocenters. The zero-order valence-electron chi connectivity index (χ0n) is 12.0. The van der Waals surface area contributed by atoms with Crippen LogP contribution < -0.4 is 10.1 Å². The Morgan fingerprint density at radius 1 is 1.14 bits per heavy atom. The van der Waals surface area contributed by atoms with Crippen molar-refractivity contribution in [1.82, 2.24) is 5.32 Å². The third-order valence-electron chi connectivity index (χ3n) is 3.32. The fourth-order valence-corrected chi connectivity index (χ4v) is 2.18. The van der Waals surface area contributed by atoms with Crippen molar-refractivity contribution >= 4 is 0 Å². The van der Waals surface area contributed by atoms with Crippen LogP contribution in [0.25, 0.3) is 0 Å². The van der Waals surface area contributed by atoms with Gasteiger partial charge in [0.05, 0.1) is 19.3 Å². The highest BCUT2D eigenvalue weighted by molar-refractivity contribution is 5.45. The van der Waals surface area contributed by atoms with Crippen LogP contribution in [0.3, 0.4) is 0 Å². The zero-order chi connectivity index (χ0) is 15.1. The van der Waals surface area contributed by atoms with E-state index < -0.39 is 0 Å². The number of hydrogen-bond acceptors (Lipinski definition) is 4. The Bertz CT molecular complexity index is 647. The lowest BCUT2D eigenvalue weighted by Crippen LogP contribution is -2.14. The molecule has 0 saturated heterocycles. The minimum atomic E-state index is 0.0406. The number of methoxy groups -OCH3 is 1.